The molecule has 0 bridgehead atoms. The van der Waals surface area contributed by atoms with Crippen LogP contribution in [-0.2, 0) is 4.74 Å². The fraction of sp³-hybridized carbons (Fsp3) is 0.529. The van der Waals surface area contributed by atoms with Gasteiger partial charge in [0.1, 0.15) is 5.60 Å². The van der Waals surface area contributed by atoms with Crippen molar-refractivity contribution in [2.75, 3.05) is 18.0 Å². The maximum absolute atomic E-state index is 12.3. The molecule has 1 aliphatic carbocycles. The number of hydrogen-bond donors (Lipinski definition) is 0. The van der Waals surface area contributed by atoms with Gasteiger partial charge in [-0.1, -0.05) is 11.6 Å². The molecule has 1 aromatic rings. The van der Waals surface area contributed by atoms with E-state index in [1.807, 2.05) is 37.8 Å². The van der Waals surface area contributed by atoms with E-state index < -0.39 is 5.60 Å². The Kier molecular flexibility index (Phi) is 3.89. The van der Waals surface area contributed by atoms with Crippen molar-refractivity contribution >= 4 is 23.4 Å². The summed E-state index contributed by atoms with van der Waals surface area (Å²) in [6.45, 7) is 6.96. The SMILES string of the molecule is CC(C)(C)OC(=O)N1CCN(c2cc(Cl)cc(C#N)c2)C2CC21. The van der Waals surface area contributed by atoms with E-state index in [1.165, 1.54) is 0 Å². The number of benzene rings is 1. The molecule has 1 aromatic carbocycles. The zero-order valence-corrected chi connectivity index (χ0v) is 14.3. The van der Waals surface area contributed by atoms with Crippen molar-refractivity contribution in [3.8, 4) is 6.07 Å². The van der Waals surface area contributed by atoms with Crippen molar-refractivity contribution in [3.63, 3.8) is 0 Å². The molecule has 2 atom stereocenters. The Labute approximate surface area is 141 Å². The average molecular weight is 334 g/mol. The molecule has 5 nitrogen and oxygen atoms in total. The zero-order valence-electron chi connectivity index (χ0n) is 13.5. The number of fused-ring (bicyclic) bond motifs is 1. The molecule has 1 heterocycles. The van der Waals surface area contributed by atoms with Gasteiger partial charge in [-0.05, 0) is 45.4 Å². The number of amides is 1. The number of rotatable bonds is 1. The molecule has 2 aliphatic rings. The first-order valence-electron chi connectivity index (χ1n) is 7.75. The van der Waals surface area contributed by atoms with Gasteiger partial charge in [0.05, 0.1) is 23.7 Å². The van der Waals surface area contributed by atoms with Crippen molar-refractivity contribution in [2.24, 2.45) is 0 Å². The van der Waals surface area contributed by atoms with E-state index in [1.54, 1.807) is 6.07 Å². The summed E-state index contributed by atoms with van der Waals surface area (Å²) in [6, 6.07) is 7.98. The maximum Gasteiger partial charge on any atom is 0.410 e. The van der Waals surface area contributed by atoms with Crippen LogP contribution in [0.15, 0.2) is 18.2 Å². The van der Waals surface area contributed by atoms with E-state index in [0.717, 1.165) is 12.1 Å². The van der Waals surface area contributed by atoms with Gasteiger partial charge in [0.25, 0.3) is 0 Å². The van der Waals surface area contributed by atoms with Gasteiger partial charge in [-0.2, -0.15) is 5.26 Å². The topological polar surface area (TPSA) is 56.6 Å². The molecule has 0 spiro atoms. The number of anilines is 1. The highest BCUT2D eigenvalue weighted by atomic mass is 35.5. The van der Waals surface area contributed by atoms with Gasteiger partial charge >= 0.3 is 6.09 Å². The zero-order chi connectivity index (χ0) is 16.8. The third-order valence-electron chi connectivity index (χ3n) is 4.08. The lowest BCUT2D eigenvalue weighted by Crippen LogP contribution is -2.50. The lowest BCUT2D eigenvalue weighted by atomic mass is 10.2. The quantitative estimate of drug-likeness (QED) is 0.790. The van der Waals surface area contributed by atoms with E-state index in [-0.39, 0.29) is 18.2 Å². The molecule has 23 heavy (non-hydrogen) atoms. The Bertz CT molecular complexity index is 677. The summed E-state index contributed by atoms with van der Waals surface area (Å²) in [5.41, 5.74) is 1.03. The van der Waals surface area contributed by atoms with Gasteiger partial charge in [0.2, 0.25) is 0 Å². The molecular formula is C17H20ClN3O2. The number of nitrogens with zero attached hydrogens (tertiary/aromatic N) is 3. The van der Waals surface area contributed by atoms with E-state index in [4.69, 9.17) is 21.6 Å². The average Bonchev–Trinajstić information content (AvgIpc) is 3.23. The monoisotopic (exact) mass is 333 g/mol. The number of halogens is 1. The first kappa shape index (κ1) is 15.9. The number of ether oxygens (including phenoxy) is 1. The van der Waals surface area contributed by atoms with Gasteiger partial charge in [0, 0.05) is 23.8 Å². The lowest BCUT2D eigenvalue weighted by Gasteiger charge is -2.36. The fourth-order valence-electron chi connectivity index (χ4n) is 3.06. The Morgan fingerprint density at radius 1 is 1.30 bits per heavy atom. The molecule has 2 fully saturated rings. The van der Waals surface area contributed by atoms with E-state index in [9.17, 15) is 4.79 Å². The van der Waals surface area contributed by atoms with Crippen molar-refractivity contribution in [2.45, 2.75) is 44.9 Å². The van der Waals surface area contributed by atoms with Crippen LogP contribution in [0.2, 0.25) is 5.02 Å². The molecular weight excluding hydrogens is 314 g/mol. The minimum Gasteiger partial charge on any atom is -0.444 e. The summed E-state index contributed by atoms with van der Waals surface area (Å²) in [5.74, 6) is 0. The van der Waals surface area contributed by atoms with Crippen molar-refractivity contribution in [1.82, 2.24) is 4.90 Å². The normalized spacial score (nSPS) is 23.1. The molecule has 6 heteroatoms. The minimum atomic E-state index is -0.479. The predicted molar refractivity (Wildman–Crippen MR) is 88.6 cm³/mol. The summed E-state index contributed by atoms with van der Waals surface area (Å²) in [6.07, 6.45) is 0.682. The summed E-state index contributed by atoms with van der Waals surface area (Å²) in [4.78, 5) is 16.3. The van der Waals surface area contributed by atoms with E-state index in [0.29, 0.717) is 23.7 Å². The molecule has 1 amide bonds. The number of nitriles is 1. The number of carbonyl (C=O) groups is 1. The van der Waals surface area contributed by atoms with Crippen LogP contribution in [0.25, 0.3) is 0 Å². The number of hydrogen-bond acceptors (Lipinski definition) is 4. The van der Waals surface area contributed by atoms with Crippen molar-refractivity contribution in [1.29, 1.82) is 5.26 Å². The Morgan fingerprint density at radius 3 is 2.70 bits per heavy atom. The maximum atomic E-state index is 12.3. The van der Waals surface area contributed by atoms with Gasteiger partial charge < -0.3 is 14.5 Å². The molecule has 0 radical (unpaired) electrons. The lowest BCUT2D eigenvalue weighted by molar-refractivity contribution is 0.0218. The summed E-state index contributed by atoms with van der Waals surface area (Å²) < 4.78 is 5.48. The first-order valence-corrected chi connectivity index (χ1v) is 8.13. The highest BCUT2D eigenvalue weighted by Gasteiger charge is 2.51. The van der Waals surface area contributed by atoms with Gasteiger partial charge in [-0.3, -0.25) is 0 Å². The standard InChI is InChI=1S/C17H20ClN3O2/c1-17(2,3)23-16(22)21-5-4-20(14-9-15(14)21)13-7-11(10-19)6-12(18)8-13/h6-8,14-15H,4-5,9H2,1-3H3. The molecule has 122 valence electrons. The van der Waals surface area contributed by atoms with Crippen LogP contribution in [0.4, 0.5) is 10.5 Å². The smallest absolute Gasteiger partial charge is 0.410 e. The number of piperazine rings is 1. The third kappa shape index (κ3) is 3.37. The second kappa shape index (κ2) is 5.61. The van der Waals surface area contributed by atoms with Gasteiger partial charge in [0.15, 0.2) is 0 Å². The minimum absolute atomic E-state index is 0.183. The third-order valence-corrected chi connectivity index (χ3v) is 4.30. The van der Waals surface area contributed by atoms with E-state index >= 15 is 0 Å². The number of carbonyl (C=O) groups excluding carboxylic acids is 1. The van der Waals surface area contributed by atoms with Crippen LogP contribution in [0.5, 0.6) is 0 Å². The molecule has 3 rings (SSSR count). The van der Waals surface area contributed by atoms with Crippen LogP contribution >= 0.6 is 11.6 Å². The van der Waals surface area contributed by atoms with Gasteiger partial charge in [-0.25, -0.2) is 4.79 Å². The van der Waals surface area contributed by atoms with Crippen LogP contribution in [0.3, 0.4) is 0 Å². The summed E-state index contributed by atoms with van der Waals surface area (Å²) >= 11 is 6.10. The Balaban J connectivity index is 1.72. The molecule has 1 aliphatic heterocycles. The summed E-state index contributed by atoms with van der Waals surface area (Å²) in [7, 11) is 0. The molecule has 0 N–H and O–H groups in total. The first-order chi connectivity index (χ1) is 10.8. The Morgan fingerprint density at radius 2 is 2.04 bits per heavy atom. The van der Waals surface area contributed by atoms with Crippen molar-refractivity contribution < 1.29 is 9.53 Å². The van der Waals surface area contributed by atoms with Crippen molar-refractivity contribution in [3.05, 3.63) is 28.8 Å². The molecule has 2 unspecified atom stereocenters. The predicted octanol–water partition coefficient (Wildman–Crippen LogP) is 3.41. The largest absolute Gasteiger partial charge is 0.444 e. The molecule has 1 saturated heterocycles. The van der Waals surface area contributed by atoms with Crippen LogP contribution in [-0.4, -0.2) is 41.8 Å². The summed E-state index contributed by atoms with van der Waals surface area (Å²) in [5, 5.41) is 9.65. The highest BCUT2D eigenvalue weighted by Crippen LogP contribution is 2.40. The van der Waals surface area contributed by atoms with Crippen LogP contribution in [0, 0.1) is 11.3 Å². The van der Waals surface area contributed by atoms with Crippen LogP contribution in [0.1, 0.15) is 32.8 Å². The second-order valence-electron chi connectivity index (χ2n) is 7.05. The highest BCUT2D eigenvalue weighted by molar-refractivity contribution is 6.31. The second-order valence-corrected chi connectivity index (χ2v) is 7.48. The molecule has 0 aromatic heterocycles. The van der Waals surface area contributed by atoms with Gasteiger partial charge in [-0.15, -0.1) is 0 Å². The van der Waals surface area contributed by atoms with E-state index in [2.05, 4.69) is 11.0 Å². The fourth-order valence-corrected chi connectivity index (χ4v) is 3.29. The van der Waals surface area contributed by atoms with Crippen LogP contribution < -0.4 is 4.90 Å². The Hall–Kier alpha value is -1.93. The molecule has 1 saturated carbocycles.